The number of nitrogens with zero attached hydrogens (tertiary/aromatic N) is 1. The number of benzene rings is 2. The van der Waals surface area contributed by atoms with E-state index in [4.69, 9.17) is 4.74 Å². The molecule has 0 aromatic heterocycles. The molecule has 0 bridgehead atoms. The fraction of sp³-hybridized carbons (Fsp3) is 0.583. The molecule has 43 heavy (non-hydrogen) atoms. The largest absolute Gasteiger partial charge is 0.444 e. The van der Waals surface area contributed by atoms with Gasteiger partial charge in [0.15, 0.2) is 0 Å². The lowest BCUT2D eigenvalue weighted by Crippen LogP contribution is -2.55. The van der Waals surface area contributed by atoms with Crippen LogP contribution < -0.4 is 10.6 Å². The number of nitrogens with one attached hydrogen (secondary N) is 2. The average Bonchev–Trinajstić information content (AvgIpc) is 2.89. The molecule has 0 spiro atoms. The quantitative estimate of drug-likeness (QED) is 0.221. The van der Waals surface area contributed by atoms with Crippen LogP contribution in [0.4, 0.5) is 4.79 Å². The SMILES string of the molecule is CCCCCCCCN(C(=O)C(Cc1ccccc1)NC(=O)OC(C)(C)C)C(C(=O)NC(C)(C)C)c1c(C)cccc1C. The first-order valence-electron chi connectivity index (χ1n) is 15.8. The molecule has 7 nitrogen and oxygen atoms in total. The number of hydrogen-bond acceptors (Lipinski definition) is 4. The highest BCUT2D eigenvalue weighted by Gasteiger charge is 2.38. The van der Waals surface area contributed by atoms with Crippen LogP contribution in [0.15, 0.2) is 48.5 Å². The molecule has 2 aromatic carbocycles. The fourth-order valence-electron chi connectivity index (χ4n) is 5.25. The van der Waals surface area contributed by atoms with Gasteiger partial charge in [-0.25, -0.2) is 4.79 Å². The molecule has 2 aromatic rings. The predicted octanol–water partition coefficient (Wildman–Crippen LogP) is 7.58. The van der Waals surface area contributed by atoms with Crippen molar-refractivity contribution in [1.29, 1.82) is 0 Å². The number of rotatable bonds is 14. The van der Waals surface area contributed by atoms with Crippen molar-refractivity contribution in [3.05, 3.63) is 70.8 Å². The standard InChI is InChI=1S/C36H55N3O4/c1-10-11-12-13-14-18-24-39(31(32(40)38-35(4,5)6)30-26(2)20-19-21-27(30)3)33(41)29(25-28-22-16-15-17-23-28)37-34(42)43-36(7,8)9/h15-17,19-23,29,31H,10-14,18,24-25H2,1-9H3,(H,37,42)(H,38,40). The second-order valence-electron chi connectivity index (χ2n) is 13.6. The maximum Gasteiger partial charge on any atom is 0.408 e. The van der Waals surface area contributed by atoms with E-state index in [1.165, 1.54) is 6.42 Å². The molecule has 0 fully saturated rings. The molecule has 2 atom stereocenters. The molecule has 0 aliphatic heterocycles. The Hall–Kier alpha value is -3.35. The minimum absolute atomic E-state index is 0.236. The second-order valence-corrected chi connectivity index (χ2v) is 13.6. The number of alkyl carbamates (subject to hydrolysis) is 1. The minimum Gasteiger partial charge on any atom is -0.444 e. The first-order valence-corrected chi connectivity index (χ1v) is 15.8. The van der Waals surface area contributed by atoms with Gasteiger partial charge >= 0.3 is 6.09 Å². The van der Waals surface area contributed by atoms with Crippen LogP contribution >= 0.6 is 0 Å². The number of carbonyl (C=O) groups excluding carboxylic acids is 3. The summed E-state index contributed by atoms with van der Waals surface area (Å²) in [7, 11) is 0. The number of ether oxygens (including phenoxy) is 1. The fourth-order valence-corrected chi connectivity index (χ4v) is 5.25. The number of aryl methyl sites for hydroxylation is 2. The third kappa shape index (κ3) is 12.4. The van der Waals surface area contributed by atoms with Crippen LogP contribution in [0.25, 0.3) is 0 Å². The van der Waals surface area contributed by atoms with Gasteiger partial charge in [0.25, 0.3) is 0 Å². The van der Waals surface area contributed by atoms with Crippen LogP contribution in [0.2, 0.25) is 0 Å². The van der Waals surface area contributed by atoms with Crippen molar-refractivity contribution in [2.45, 2.75) is 130 Å². The number of carbonyl (C=O) groups is 3. The number of amides is 3. The lowest BCUT2D eigenvalue weighted by atomic mass is 9.92. The van der Waals surface area contributed by atoms with Crippen molar-refractivity contribution in [3.8, 4) is 0 Å². The zero-order valence-electron chi connectivity index (χ0n) is 28.0. The molecule has 0 aliphatic carbocycles. The summed E-state index contributed by atoms with van der Waals surface area (Å²) in [6.45, 7) is 17.7. The van der Waals surface area contributed by atoms with Gasteiger partial charge < -0.3 is 20.3 Å². The molecule has 0 saturated carbocycles. The first kappa shape index (κ1) is 35.8. The molecule has 0 radical (unpaired) electrons. The molecule has 2 N–H and O–H groups in total. The summed E-state index contributed by atoms with van der Waals surface area (Å²) < 4.78 is 5.57. The van der Waals surface area contributed by atoms with Crippen LogP contribution in [0.5, 0.6) is 0 Å². The molecular weight excluding hydrogens is 538 g/mol. The van der Waals surface area contributed by atoms with E-state index < -0.39 is 29.3 Å². The topological polar surface area (TPSA) is 87.7 Å². The molecule has 0 heterocycles. The molecular formula is C36H55N3O4. The maximum absolute atomic E-state index is 14.7. The second kappa shape index (κ2) is 16.5. The van der Waals surface area contributed by atoms with Gasteiger partial charge in [-0.3, -0.25) is 9.59 Å². The number of unbranched alkanes of at least 4 members (excludes halogenated alkanes) is 5. The summed E-state index contributed by atoms with van der Waals surface area (Å²) in [5, 5.41) is 6.00. The highest BCUT2D eigenvalue weighted by molar-refractivity contribution is 5.93. The van der Waals surface area contributed by atoms with Crippen molar-refractivity contribution >= 4 is 17.9 Å². The van der Waals surface area contributed by atoms with Crippen LogP contribution in [0, 0.1) is 13.8 Å². The highest BCUT2D eigenvalue weighted by Crippen LogP contribution is 2.30. The van der Waals surface area contributed by atoms with Crippen molar-refractivity contribution in [1.82, 2.24) is 15.5 Å². The third-order valence-electron chi connectivity index (χ3n) is 7.18. The Bertz CT molecular complexity index is 1160. The lowest BCUT2D eigenvalue weighted by Gasteiger charge is -2.37. The first-order chi connectivity index (χ1) is 20.1. The van der Waals surface area contributed by atoms with Gasteiger partial charge in [0.2, 0.25) is 11.8 Å². The van der Waals surface area contributed by atoms with E-state index in [2.05, 4.69) is 17.6 Å². The Morgan fingerprint density at radius 3 is 1.95 bits per heavy atom. The van der Waals surface area contributed by atoms with Crippen LogP contribution in [-0.2, 0) is 20.7 Å². The van der Waals surface area contributed by atoms with E-state index in [0.29, 0.717) is 6.54 Å². The molecule has 7 heteroatoms. The van der Waals surface area contributed by atoms with Crippen molar-refractivity contribution in [3.63, 3.8) is 0 Å². The van der Waals surface area contributed by atoms with Crippen molar-refractivity contribution in [2.24, 2.45) is 0 Å². The van der Waals surface area contributed by atoms with Crippen LogP contribution in [0.3, 0.4) is 0 Å². The maximum atomic E-state index is 14.7. The molecule has 0 aliphatic rings. The zero-order chi connectivity index (χ0) is 32.2. The summed E-state index contributed by atoms with van der Waals surface area (Å²) in [6.07, 6.45) is 5.87. The predicted molar refractivity (Wildman–Crippen MR) is 175 cm³/mol. The third-order valence-corrected chi connectivity index (χ3v) is 7.18. The van der Waals surface area contributed by atoms with Gasteiger partial charge in [0.1, 0.15) is 17.7 Å². The van der Waals surface area contributed by atoms with Crippen LogP contribution in [-0.4, -0.2) is 46.5 Å². The molecule has 2 rings (SSSR count). The van der Waals surface area contributed by atoms with Gasteiger partial charge in [0.05, 0.1) is 0 Å². The van der Waals surface area contributed by atoms with E-state index in [9.17, 15) is 14.4 Å². The summed E-state index contributed by atoms with van der Waals surface area (Å²) >= 11 is 0. The van der Waals surface area contributed by atoms with E-state index in [-0.39, 0.29) is 18.2 Å². The van der Waals surface area contributed by atoms with E-state index in [0.717, 1.165) is 54.4 Å². The summed E-state index contributed by atoms with van der Waals surface area (Å²) in [5.74, 6) is -0.542. The molecule has 0 saturated heterocycles. The van der Waals surface area contributed by atoms with E-state index in [1.54, 1.807) is 25.7 Å². The summed E-state index contributed by atoms with van der Waals surface area (Å²) in [4.78, 5) is 43.6. The summed E-state index contributed by atoms with van der Waals surface area (Å²) in [5.41, 5.74) is 2.37. The Balaban J connectivity index is 2.60. The van der Waals surface area contributed by atoms with Crippen molar-refractivity contribution < 1.29 is 19.1 Å². The Kier molecular flexibility index (Phi) is 13.7. The summed E-state index contributed by atoms with van der Waals surface area (Å²) in [6, 6.07) is 13.8. The van der Waals surface area contributed by atoms with Gasteiger partial charge in [-0.15, -0.1) is 0 Å². The van der Waals surface area contributed by atoms with Crippen LogP contribution in [0.1, 0.15) is 115 Å². The Labute approximate surface area is 260 Å². The molecule has 3 amide bonds. The monoisotopic (exact) mass is 593 g/mol. The zero-order valence-corrected chi connectivity index (χ0v) is 28.0. The lowest BCUT2D eigenvalue weighted by molar-refractivity contribution is -0.143. The van der Waals surface area contributed by atoms with Gasteiger partial charge in [0, 0.05) is 18.5 Å². The van der Waals surface area contributed by atoms with E-state index in [1.807, 2.05) is 83.1 Å². The molecule has 238 valence electrons. The Morgan fingerprint density at radius 2 is 1.40 bits per heavy atom. The van der Waals surface area contributed by atoms with Gasteiger partial charge in [-0.2, -0.15) is 0 Å². The van der Waals surface area contributed by atoms with Gasteiger partial charge in [-0.1, -0.05) is 87.6 Å². The van der Waals surface area contributed by atoms with E-state index >= 15 is 0 Å². The molecule has 2 unspecified atom stereocenters. The minimum atomic E-state index is -0.924. The average molecular weight is 594 g/mol. The van der Waals surface area contributed by atoms with Crippen molar-refractivity contribution in [2.75, 3.05) is 6.54 Å². The highest BCUT2D eigenvalue weighted by atomic mass is 16.6. The number of hydrogen-bond donors (Lipinski definition) is 2. The Morgan fingerprint density at radius 1 is 0.814 bits per heavy atom. The van der Waals surface area contributed by atoms with Gasteiger partial charge in [-0.05, 0) is 84.1 Å². The smallest absolute Gasteiger partial charge is 0.408 e. The normalized spacial score (nSPS) is 13.1.